The standard InChI is InChI=1S/C6H12F3NO2S/c1-3-5(2)13(11,12)10-4-6(7,8)9/h5,10H,3-4H2,1-2H3. The summed E-state index contributed by atoms with van der Waals surface area (Å²) in [5.41, 5.74) is 0. The van der Waals surface area contributed by atoms with Crippen molar-refractivity contribution < 1.29 is 21.6 Å². The number of hydrogen-bond donors (Lipinski definition) is 1. The van der Waals surface area contributed by atoms with Crippen LogP contribution in [0.1, 0.15) is 20.3 Å². The maximum Gasteiger partial charge on any atom is 0.402 e. The monoisotopic (exact) mass is 219 g/mol. The number of alkyl halides is 3. The predicted molar refractivity (Wildman–Crippen MR) is 42.7 cm³/mol. The normalized spacial score (nSPS) is 15.8. The van der Waals surface area contributed by atoms with Crippen molar-refractivity contribution in [3.05, 3.63) is 0 Å². The maximum atomic E-state index is 11.6. The van der Waals surface area contributed by atoms with E-state index in [1.807, 2.05) is 0 Å². The van der Waals surface area contributed by atoms with Crippen molar-refractivity contribution >= 4 is 10.0 Å². The summed E-state index contributed by atoms with van der Waals surface area (Å²) in [6.45, 7) is 1.45. The highest BCUT2D eigenvalue weighted by Gasteiger charge is 2.30. The average molecular weight is 219 g/mol. The van der Waals surface area contributed by atoms with E-state index in [1.165, 1.54) is 11.6 Å². The Labute approximate surface area is 75.4 Å². The summed E-state index contributed by atoms with van der Waals surface area (Å²) in [5, 5.41) is -0.796. The lowest BCUT2D eigenvalue weighted by atomic mass is 10.4. The van der Waals surface area contributed by atoms with Gasteiger partial charge in [0.1, 0.15) is 6.54 Å². The lowest BCUT2D eigenvalue weighted by Gasteiger charge is -2.13. The minimum atomic E-state index is -4.50. The number of nitrogens with one attached hydrogen (secondary N) is 1. The highest BCUT2D eigenvalue weighted by atomic mass is 32.2. The fraction of sp³-hybridized carbons (Fsp3) is 1.00. The van der Waals surface area contributed by atoms with E-state index in [9.17, 15) is 21.6 Å². The van der Waals surface area contributed by atoms with E-state index in [2.05, 4.69) is 0 Å². The van der Waals surface area contributed by atoms with Gasteiger partial charge in [-0.2, -0.15) is 13.2 Å². The first-order valence-corrected chi connectivity index (χ1v) is 5.29. The van der Waals surface area contributed by atoms with Crippen molar-refractivity contribution in [2.45, 2.75) is 31.7 Å². The number of sulfonamides is 1. The lowest BCUT2D eigenvalue weighted by Crippen LogP contribution is -2.38. The van der Waals surface area contributed by atoms with Crippen LogP contribution in [-0.4, -0.2) is 26.4 Å². The van der Waals surface area contributed by atoms with Gasteiger partial charge in [0.25, 0.3) is 0 Å². The van der Waals surface area contributed by atoms with Gasteiger partial charge in [-0.1, -0.05) is 6.92 Å². The number of hydrogen-bond acceptors (Lipinski definition) is 2. The Balaban J connectivity index is 4.21. The fourth-order valence-electron chi connectivity index (χ4n) is 0.544. The summed E-state index contributed by atoms with van der Waals surface area (Å²) < 4.78 is 58.4. The van der Waals surface area contributed by atoms with Gasteiger partial charge < -0.3 is 0 Å². The van der Waals surface area contributed by atoms with Crippen LogP contribution in [0.4, 0.5) is 13.2 Å². The van der Waals surface area contributed by atoms with E-state index in [4.69, 9.17) is 0 Å². The molecule has 0 spiro atoms. The molecule has 0 saturated carbocycles. The summed E-state index contributed by atoms with van der Waals surface area (Å²) in [7, 11) is -3.81. The molecule has 0 aliphatic heterocycles. The van der Waals surface area contributed by atoms with Crippen LogP contribution in [0.2, 0.25) is 0 Å². The van der Waals surface area contributed by atoms with Crippen LogP contribution in [0, 0.1) is 0 Å². The van der Waals surface area contributed by atoms with Gasteiger partial charge in [0.05, 0.1) is 5.25 Å². The second-order valence-corrected chi connectivity index (χ2v) is 4.88. The highest BCUT2D eigenvalue weighted by Crippen LogP contribution is 2.13. The van der Waals surface area contributed by atoms with E-state index in [-0.39, 0.29) is 6.42 Å². The molecule has 0 rings (SSSR count). The zero-order valence-electron chi connectivity index (χ0n) is 7.35. The van der Waals surface area contributed by atoms with Crippen LogP contribution in [0.15, 0.2) is 0 Å². The molecule has 3 nitrogen and oxygen atoms in total. The third-order valence-electron chi connectivity index (χ3n) is 1.58. The van der Waals surface area contributed by atoms with Gasteiger partial charge in [0.15, 0.2) is 0 Å². The SMILES string of the molecule is CCC(C)S(=O)(=O)NCC(F)(F)F. The summed E-state index contributed by atoms with van der Waals surface area (Å²) in [5.74, 6) is 0. The molecule has 13 heavy (non-hydrogen) atoms. The van der Waals surface area contributed by atoms with Crippen molar-refractivity contribution in [1.29, 1.82) is 0 Å². The zero-order chi connectivity index (χ0) is 10.7. The Kier molecular flexibility index (Phi) is 4.18. The fourth-order valence-corrected chi connectivity index (χ4v) is 1.63. The third kappa shape index (κ3) is 5.09. The largest absolute Gasteiger partial charge is 0.402 e. The first-order chi connectivity index (χ1) is 5.69. The van der Waals surface area contributed by atoms with Crippen LogP contribution in [0.5, 0.6) is 0 Å². The predicted octanol–water partition coefficient (Wildman–Crippen LogP) is 1.27. The topological polar surface area (TPSA) is 46.2 Å². The summed E-state index contributed by atoms with van der Waals surface area (Å²) in [6, 6.07) is 0. The van der Waals surface area contributed by atoms with Gasteiger partial charge in [0.2, 0.25) is 10.0 Å². The van der Waals surface area contributed by atoms with E-state index in [0.29, 0.717) is 0 Å². The molecule has 0 saturated heterocycles. The molecule has 7 heteroatoms. The molecular weight excluding hydrogens is 207 g/mol. The van der Waals surface area contributed by atoms with Crippen LogP contribution in [0.3, 0.4) is 0 Å². The van der Waals surface area contributed by atoms with Gasteiger partial charge >= 0.3 is 6.18 Å². The molecule has 0 aromatic heterocycles. The Morgan fingerprint density at radius 2 is 1.85 bits per heavy atom. The molecule has 0 aromatic carbocycles. The molecule has 0 aromatic rings. The second-order valence-electron chi connectivity index (χ2n) is 2.70. The van der Waals surface area contributed by atoms with E-state index in [0.717, 1.165) is 0 Å². The second kappa shape index (κ2) is 4.28. The molecule has 0 fully saturated rings. The lowest BCUT2D eigenvalue weighted by molar-refractivity contribution is -0.121. The first kappa shape index (κ1) is 12.7. The van der Waals surface area contributed by atoms with Crippen molar-refractivity contribution in [3.63, 3.8) is 0 Å². The molecule has 80 valence electrons. The Morgan fingerprint density at radius 1 is 1.38 bits per heavy atom. The minimum Gasteiger partial charge on any atom is -0.212 e. The van der Waals surface area contributed by atoms with Crippen LogP contribution in [-0.2, 0) is 10.0 Å². The number of halogens is 3. The zero-order valence-corrected chi connectivity index (χ0v) is 8.17. The molecular formula is C6H12F3NO2S. The Hall–Kier alpha value is -0.300. The summed E-state index contributed by atoms with van der Waals surface area (Å²) >= 11 is 0. The van der Waals surface area contributed by atoms with Crippen molar-refractivity contribution in [2.75, 3.05) is 6.54 Å². The van der Waals surface area contributed by atoms with Crippen LogP contribution < -0.4 is 4.72 Å². The molecule has 0 aliphatic carbocycles. The van der Waals surface area contributed by atoms with Crippen molar-refractivity contribution in [2.24, 2.45) is 0 Å². The number of rotatable bonds is 4. The molecule has 0 amide bonds. The molecule has 1 atom stereocenters. The minimum absolute atomic E-state index is 0.285. The molecule has 1 unspecified atom stereocenters. The van der Waals surface area contributed by atoms with E-state index < -0.39 is 28.0 Å². The molecule has 1 N–H and O–H groups in total. The quantitative estimate of drug-likeness (QED) is 0.773. The summed E-state index contributed by atoms with van der Waals surface area (Å²) in [4.78, 5) is 0. The van der Waals surface area contributed by atoms with Crippen molar-refractivity contribution in [1.82, 2.24) is 4.72 Å². The van der Waals surface area contributed by atoms with Gasteiger partial charge in [-0.3, -0.25) is 0 Å². The van der Waals surface area contributed by atoms with Gasteiger partial charge in [-0.05, 0) is 13.3 Å². The van der Waals surface area contributed by atoms with E-state index in [1.54, 1.807) is 6.92 Å². The average Bonchev–Trinajstić information content (AvgIpc) is 1.98. The Bertz CT molecular complexity index is 247. The van der Waals surface area contributed by atoms with Crippen LogP contribution in [0.25, 0.3) is 0 Å². The summed E-state index contributed by atoms with van der Waals surface area (Å²) in [6.07, 6.45) is -4.21. The molecule has 0 heterocycles. The highest BCUT2D eigenvalue weighted by molar-refractivity contribution is 7.90. The van der Waals surface area contributed by atoms with Gasteiger partial charge in [0, 0.05) is 0 Å². The maximum absolute atomic E-state index is 11.6. The third-order valence-corrected chi connectivity index (χ3v) is 3.52. The van der Waals surface area contributed by atoms with Gasteiger partial charge in [-0.25, -0.2) is 13.1 Å². The van der Waals surface area contributed by atoms with Crippen LogP contribution >= 0.6 is 0 Å². The van der Waals surface area contributed by atoms with Gasteiger partial charge in [-0.15, -0.1) is 0 Å². The smallest absolute Gasteiger partial charge is 0.212 e. The molecule has 0 aliphatic rings. The first-order valence-electron chi connectivity index (χ1n) is 3.74. The van der Waals surface area contributed by atoms with E-state index >= 15 is 0 Å². The van der Waals surface area contributed by atoms with Crippen molar-refractivity contribution in [3.8, 4) is 0 Å². The Morgan fingerprint density at radius 3 is 2.15 bits per heavy atom. The molecule has 0 bridgehead atoms. The molecule has 0 radical (unpaired) electrons.